The second kappa shape index (κ2) is 5.86. The van der Waals surface area contributed by atoms with Crippen molar-refractivity contribution in [2.24, 2.45) is 5.41 Å². The van der Waals surface area contributed by atoms with Crippen molar-refractivity contribution in [1.29, 1.82) is 0 Å². The van der Waals surface area contributed by atoms with Crippen LogP contribution >= 0.6 is 0 Å². The first kappa shape index (κ1) is 14.2. The van der Waals surface area contributed by atoms with Crippen molar-refractivity contribution in [3.63, 3.8) is 0 Å². The Labute approximate surface area is 117 Å². The molecule has 1 aliphatic carbocycles. The van der Waals surface area contributed by atoms with Gasteiger partial charge < -0.3 is 10.4 Å². The van der Waals surface area contributed by atoms with E-state index in [1.54, 1.807) is 12.1 Å². The Morgan fingerprint density at radius 2 is 2.25 bits per heavy atom. The molecule has 0 bridgehead atoms. The van der Waals surface area contributed by atoms with E-state index in [0.29, 0.717) is 12.1 Å². The number of carbonyl (C=O) groups is 2. The highest BCUT2D eigenvalue weighted by Gasteiger charge is 2.32. The standard InChI is InChI=1S/C15H18N2O3/c1-15(7-3-8-15)10-17-14(20)13-11(4-2-9-16-13)5-6-12(18)19/h2,4-6,9H,3,7-8,10H2,1H3,(H,17,20)(H,18,19)/b6-5+. The summed E-state index contributed by atoms with van der Waals surface area (Å²) < 4.78 is 0. The normalized spacial score (nSPS) is 16.6. The Bertz CT molecular complexity index is 548. The number of carboxylic acids is 1. The van der Waals surface area contributed by atoms with Crippen molar-refractivity contribution >= 4 is 18.0 Å². The van der Waals surface area contributed by atoms with Gasteiger partial charge in [-0.3, -0.25) is 9.78 Å². The maximum absolute atomic E-state index is 12.1. The number of hydrogen-bond acceptors (Lipinski definition) is 3. The molecule has 0 radical (unpaired) electrons. The summed E-state index contributed by atoms with van der Waals surface area (Å²) in [6, 6.07) is 3.35. The summed E-state index contributed by atoms with van der Waals surface area (Å²) in [6.45, 7) is 2.78. The minimum Gasteiger partial charge on any atom is -0.478 e. The molecule has 106 valence electrons. The Morgan fingerprint density at radius 3 is 2.85 bits per heavy atom. The molecule has 5 heteroatoms. The van der Waals surface area contributed by atoms with Crippen LogP contribution < -0.4 is 5.32 Å². The van der Waals surface area contributed by atoms with Crippen molar-refractivity contribution in [1.82, 2.24) is 10.3 Å². The van der Waals surface area contributed by atoms with Crippen LogP contribution in [-0.2, 0) is 4.79 Å². The molecule has 0 aliphatic heterocycles. The van der Waals surface area contributed by atoms with Gasteiger partial charge in [0.15, 0.2) is 0 Å². The van der Waals surface area contributed by atoms with Crippen LogP contribution in [0.25, 0.3) is 6.08 Å². The average molecular weight is 274 g/mol. The first-order valence-electron chi connectivity index (χ1n) is 6.64. The lowest BCUT2D eigenvalue weighted by Crippen LogP contribution is -2.40. The zero-order chi connectivity index (χ0) is 14.6. The van der Waals surface area contributed by atoms with Crippen LogP contribution in [0.4, 0.5) is 0 Å². The van der Waals surface area contributed by atoms with Gasteiger partial charge in [0.2, 0.25) is 0 Å². The predicted molar refractivity (Wildman–Crippen MR) is 75.2 cm³/mol. The summed E-state index contributed by atoms with van der Waals surface area (Å²) in [6.07, 6.45) is 7.37. The molecule has 1 fully saturated rings. The average Bonchev–Trinajstić information content (AvgIpc) is 2.40. The van der Waals surface area contributed by atoms with Crippen molar-refractivity contribution in [2.45, 2.75) is 26.2 Å². The number of amides is 1. The highest BCUT2D eigenvalue weighted by Crippen LogP contribution is 2.39. The second-order valence-electron chi connectivity index (χ2n) is 5.46. The lowest BCUT2D eigenvalue weighted by molar-refractivity contribution is -0.131. The molecule has 20 heavy (non-hydrogen) atoms. The third kappa shape index (κ3) is 3.44. The molecule has 1 aliphatic rings. The van der Waals surface area contributed by atoms with Crippen LogP contribution in [0.3, 0.4) is 0 Å². The second-order valence-corrected chi connectivity index (χ2v) is 5.46. The van der Waals surface area contributed by atoms with Crippen molar-refractivity contribution in [3.05, 3.63) is 35.7 Å². The molecular formula is C15H18N2O3. The zero-order valence-electron chi connectivity index (χ0n) is 11.4. The fourth-order valence-electron chi connectivity index (χ4n) is 2.24. The van der Waals surface area contributed by atoms with Crippen LogP contribution in [0, 0.1) is 5.41 Å². The number of nitrogens with zero attached hydrogens (tertiary/aromatic N) is 1. The number of carboxylic acid groups (broad SMARTS) is 1. The SMILES string of the molecule is CC1(CNC(=O)c2ncccc2/C=C/C(=O)O)CCC1. The molecule has 1 amide bonds. The minimum atomic E-state index is -1.05. The van der Waals surface area contributed by atoms with Gasteiger partial charge in [-0.05, 0) is 30.4 Å². The van der Waals surface area contributed by atoms with Gasteiger partial charge >= 0.3 is 5.97 Å². The van der Waals surface area contributed by atoms with E-state index in [9.17, 15) is 9.59 Å². The maximum Gasteiger partial charge on any atom is 0.328 e. The lowest BCUT2D eigenvalue weighted by Gasteiger charge is -2.38. The largest absolute Gasteiger partial charge is 0.478 e. The van der Waals surface area contributed by atoms with E-state index >= 15 is 0 Å². The number of carbonyl (C=O) groups excluding carboxylic acids is 1. The van der Waals surface area contributed by atoms with E-state index in [4.69, 9.17) is 5.11 Å². The molecule has 0 aromatic carbocycles. The molecule has 5 nitrogen and oxygen atoms in total. The fraction of sp³-hybridized carbons (Fsp3) is 0.400. The number of hydrogen-bond donors (Lipinski definition) is 2. The number of rotatable bonds is 5. The van der Waals surface area contributed by atoms with Crippen LogP contribution in [0.15, 0.2) is 24.4 Å². The van der Waals surface area contributed by atoms with E-state index in [-0.39, 0.29) is 17.0 Å². The van der Waals surface area contributed by atoms with E-state index < -0.39 is 5.97 Å². The monoisotopic (exact) mass is 274 g/mol. The molecule has 1 aromatic heterocycles. The minimum absolute atomic E-state index is 0.196. The molecule has 1 saturated carbocycles. The number of nitrogens with one attached hydrogen (secondary N) is 1. The first-order chi connectivity index (χ1) is 9.50. The molecule has 2 rings (SSSR count). The van der Waals surface area contributed by atoms with Crippen LogP contribution in [0.5, 0.6) is 0 Å². The molecule has 0 saturated heterocycles. The molecule has 2 N–H and O–H groups in total. The van der Waals surface area contributed by atoms with E-state index in [1.165, 1.54) is 18.7 Å². The van der Waals surface area contributed by atoms with Crippen molar-refractivity contribution in [2.75, 3.05) is 6.54 Å². The lowest BCUT2D eigenvalue weighted by atomic mass is 9.70. The fourth-order valence-corrected chi connectivity index (χ4v) is 2.24. The van der Waals surface area contributed by atoms with Gasteiger partial charge in [0, 0.05) is 24.4 Å². The Hall–Kier alpha value is -2.17. The molecule has 0 spiro atoms. The van der Waals surface area contributed by atoms with Crippen molar-refractivity contribution in [3.8, 4) is 0 Å². The van der Waals surface area contributed by atoms with Gasteiger partial charge in [0.1, 0.15) is 5.69 Å². The van der Waals surface area contributed by atoms with Crippen molar-refractivity contribution < 1.29 is 14.7 Å². The maximum atomic E-state index is 12.1. The smallest absolute Gasteiger partial charge is 0.328 e. The summed E-state index contributed by atoms with van der Waals surface area (Å²) >= 11 is 0. The number of aromatic nitrogens is 1. The van der Waals surface area contributed by atoms with Gasteiger partial charge in [0.05, 0.1) is 0 Å². The molecule has 1 aromatic rings. The third-order valence-electron chi connectivity index (χ3n) is 3.70. The van der Waals surface area contributed by atoms with Gasteiger partial charge in [-0.15, -0.1) is 0 Å². The molecule has 0 unspecified atom stereocenters. The summed E-state index contributed by atoms with van der Waals surface area (Å²) in [5.74, 6) is -1.31. The predicted octanol–water partition coefficient (Wildman–Crippen LogP) is 2.10. The van der Waals surface area contributed by atoms with Gasteiger partial charge in [-0.1, -0.05) is 19.4 Å². The van der Waals surface area contributed by atoms with E-state index in [2.05, 4.69) is 17.2 Å². The summed E-state index contributed by atoms with van der Waals surface area (Å²) in [5, 5.41) is 11.5. The molecule has 1 heterocycles. The number of aliphatic carboxylic acids is 1. The van der Waals surface area contributed by atoms with E-state index in [0.717, 1.165) is 18.9 Å². The Morgan fingerprint density at radius 1 is 1.50 bits per heavy atom. The highest BCUT2D eigenvalue weighted by molar-refractivity contribution is 5.97. The highest BCUT2D eigenvalue weighted by atomic mass is 16.4. The topological polar surface area (TPSA) is 79.3 Å². The number of pyridine rings is 1. The molecule has 0 atom stereocenters. The quantitative estimate of drug-likeness (QED) is 0.806. The first-order valence-corrected chi connectivity index (χ1v) is 6.64. The van der Waals surface area contributed by atoms with Crippen LogP contribution in [0.2, 0.25) is 0 Å². The zero-order valence-corrected chi connectivity index (χ0v) is 11.4. The summed E-state index contributed by atoms with van der Waals surface area (Å²) in [4.78, 5) is 26.7. The van der Waals surface area contributed by atoms with Gasteiger partial charge in [-0.25, -0.2) is 4.79 Å². The Kier molecular flexibility index (Phi) is 4.17. The van der Waals surface area contributed by atoms with Crippen LogP contribution in [-0.4, -0.2) is 28.5 Å². The summed E-state index contributed by atoms with van der Waals surface area (Å²) in [5.41, 5.74) is 0.959. The van der Waals surface area contributed by atoms with Gasteiger partial charge in [-0.2, -0.15) is 0 Å². The molecular weight excluding hydrogens is 256 g/mol. The van der Waals surface area contributed by atoms with Crippen LogP contribution in [0.1, 0.15) is 42.2 Å². The Balaban J connectivity index is 2.07. The van der Waals surface area contributed by atoms with Gasteiger partial charge in [0.25, 0.3) is 5.91 Å². The summed E-state index contributed by atoms with van der Waals surface area (Å²) in [7, 11) is 0. The third-order valence-corrected chi connectivity index (χ3v) is 3.70. The van der Waals surface area contributed by atoms with E-state index in [1.807, 2.05) is 0 Å².